The summed E-state index contributed by atoms with van der Waals surface area (Å²) in [6.45, 7) is 3.56. The highest BCUT2D eigenvalue weighted by Gasteiger charge is 2.35. The number of carbonyl (C=O) groups is 1. The average molecular weight is 348 g/mol. The Kier molecular flexibility index (Phi) is 4.57. The highest BCUT2D eigenvalue weighted by Crippen LogP contribution is 2.36. The summed E-state index contributed by atoms with van der Waals surface area (Å²) in [6, 6.07) is 3.86. The zero-order valence-electron chi connectivity index (χ0n) is 13.6. The molecule has 4 nitrogen and oxygen atoms in total. The average Bonchev–Trinajstić information content (AvgIpc) is 2.59. The molecule has 0 amide bonds. The molecule has 0 bridgehead atoms. The predicted molar refractivity (Wildman–Crippen MR) is 85.3 cm³/mol. The van der Waals surface area contributed by atoms with Gasteiger partial charge in [0.1, 0.15) is 11.6 Å². The first-order valence-corrected chi connectivity index (χ1v) is 7.77. The highest BCUT2D eigenvalue weighted by molar-refractivity contribution is 6.13. The van der Waals surface area contributed by atoms with E-state index >= 15 is 0 Å². The van der Waals surface area contributed by atoms with Crippen molar-refractivity contribution < 1.29 is 22.7 Å². The lowest BCUT2D eigenvalue weighted by atomic mass is 9.87. The van der Waals surface area contributed by atoms with Gasteiger partial charge in [-0.1, -0.05) is 0 Å². The second-order valence-electron chi connectivity index (χ2n) is 5.68. The summed E-state index contributed by atoms with van der Waals surface area (Å²) in [5.74, 6) is -5.08. The van der Waals surface area contributed by atoms with Gasteiger partial charge in [0.05, 0.1) is 12.3 Å². The first kappa shape index (κ1) is 17.1. The van der Waals surface area contributed by atoms with Gasteiger partial charge >= 0.3 is 5.97 Å². The second-order valence-corrected chi connectivity index (χ2v) is 5.68. The van der Waals surface area contributed by atoms with E-state index in [0.717, 1.165) is 5.69 Å². The van der Waals surface area contributed by atoms with Crippen molar-refractivity contribution >= 4 is 17.4 Å². The van der Waals surface area contributed by atoms with Gasteiger partial charge in [-0.2, -0.15) is 0 Å². The van der Waals surface area contributed by atoms with Crippen LogP contribution in [0.4, 0.5) is 18.9 Å². The molecule has 0 aliphatic carbocycles. The number of benzene rings is 1. The fraction of sp³-hybridized carbons (Fsp3) is 0.278. The third-order valence-electron chi connectivity index (χ3n) is 3.99. The number of nitrogens with zero attached hydrogens (tertiary/aromatic N) is 2. The molecule has 1 aromatic carbocycles. The van der Waals surface area contributed by atoms with Gasteiger partial charge in [0.15, 0.2) is 17.5 Å². The minimum atomic E-state index is -1.31. The first-order valence-electron chi connectivity index (χ1n) is 7.77. The van der Waals surface area contributed by atoms with E-state index in [4.69, 9.17) is 4.74 Å². The van der Waals surface area contributed by atoms with Gasteiger partial charge in [0, 0.05) is 29.1 Å². The van der Waals surface area contributed by atoms with Gasteiger partial charge in [-0.15, -0.1) is 0 Å². The van der Waals surface area contributed by atoms with Crippen molar-refractivity contribution in [2.75, 3.05) is 6.61 Å². The Morgan fingerprint density at radius 3 is 2.68 bits per heavy atom. The molecule has 1 aliphatic rings. The van der Waals surface area contributed by atoms with Crippen LogP contribution in [-0.4, -0.2) is 23.3 Å². The Morgan fingerprint density at radius 2 is 2.04 bits per heavy atom. The van der Waals surface area contributed by atoms with Crippen LogP contribution in [-0.2, 0) is 16.0 Å². The third kappa shape index (κ3) is 3.14. The molecule has 1 unspecified atom stereocenters. The van der Waals surface area contributed by atoms with Crippen molar-refractivity contribution in [3.8, 4) is 0 Å². The zero-order chi connectivity index (χ0) is 18.1. The van der Waals surface area contributed by atoms with E-state index in [1.807, 2.05) is 0 Å². The van der Waals surface area contributed by atoms with Crippen molar-refractivity contribution in [2.24, 2.45) is 10.9 Å². The molecule has 0 fully saturated rings. The highest BCUT2D eigenvalue weighted by atomic mass is 19.2. The number of aryl methyl sites for hydroxylation is 1. The maximum atomic E-state index is 14.1. The molecule has 7 heteroatoms. The van der Waals surface area contributed by atoms with E-state index in [2.05, 4.69) is 9.98 Å². The molecule has 2 aromatic rings. The zero-order valence-corrected chi connectivity index (χ0v) is 13.6. The normalized spacial score (nSPS) is 16.2. The molecule has 1 aliphatic heterocycles. The molecular formula is C18H15F3N2O2. The quantitative estimate of drug-likeness (QED) is 0.628. The summed E-state index contributed by atoms with van der Waals surface area (Å²) < 4.78 is 46.7. The smallest absolute Gasteiger partial charge is 0.315 e. The van der Waals surface area contributed by atoms with Gasteiger partial charge < -0.3 is 4.74 Å². The molecule has 3 rings (SSSR count). The SMILES string of the molecule is CCOC(=O)C1Cc2c(F)c(F)cc(F)c2N=C1c1ccc(C)nc1. The lowest BCUT2D eigenvalue weighted by Gasteiger charge is -2.24. The maximum absolute atomic E-state index is 14.1. The molecule has 0 saturated heterocycles. The molecule has 0 N–H and O–H groups in total. The number of pyridine rings is 1. The van der Waals surface area contributed by atoms with Crippen molar-refractivity contribution in [3.05, 3.63) is 58.7 Å². The Bertz CT molecular complexity index is 864. The Labute approximate surface area is 142 Å². The van der Waals surface area contributed by atoms with Crippen LogP contribution in [0.25, 0.3) is 0 Å². The van der Waals surface area contributed by atoms with E-state index in [9.17, 15) is 18.0 Å². The molecule has 0 radical (unpaired) electrons. The molecule has 25 heavy (non-hydrogen) atoms. The monoisotopic (exact) mass is 348 g/mol. The van der Waals surface area contributed by atoms with Crippen LogP contribution in [0.5, 0.6) is 0 Å². The molecule has 0 spiro atoms. The van der Waals surface area contributed by atoms with E-state index in [1.165, 1.54) is 6.20 Å². The minimum absolute atomic E-state index is 0.127. The topological polar surface area (TPSA) is 51.5 Å². The summed E-state index contributed by atoms with van der Waals surface area (Å²) in [6.07, 6.45) is 1.27. The standard InChI is InChI=1S/C18H15F3N2O2/c1-3-25-18(24)12-6-11-15(21)13(19)7-14(20)17(11)23-16(12)10-5-4-9(2)22-8-10/h4-5,7-8,12H,3,6H2,1-2H3. The van der Waals surface area contributed by atoms with Crippen LogP contribution in [0.3, 0.4) is 0 Å². The van der Waals surface area contributed by atoms with Crippen LogP contribution in [0.2, 0.25) is 0 Å². The van der Waals surface area contributed by atoms with Gasteiger partial charge in [0.2, 0.25) is 0 Å². The fourth-order valence-electron chi connectivity index (χ4n) is 2.76. The van der Waals surface area contributed by atoms with Crippen LogP contribution >= 0.6 is 0 Å². The number of halogens is 3. The number of esters is 1. The summed E-state index contributed by atoms with van der Waals surface area (Å²) >= 11 is 0. The van der Waals surface area contributed by atoms with Crippen LogP contribution in [0.15, 0.2) is 29.4 Å². The van der Waals surface area contributed by atoms with E-state index in [-0.39, 0.29) is 30.0 Å². The van der Waals surface area contributed by atoms with E-state index in [0.29, 0.717) is 11.6 Å². The molecule has 2 heterocycles. The van der Waals surface area contributed by atoms with Crippen molar-refractivity contribution in [3.63, 3.8) is 0 Å². The summed E-state index contributed by atoms with van der Waals surface area (Å²) in [7, 11) is 0. The number of fused-ring (bicyclic) bond motifs is 1. The van der Waals surface area contributed by atoms with Gasteiger partial charge in [-0.05, 0) is 32.4 Å². The van der Waals surface area contributed by atoms with Crippen molar-refractivity contribution in [2.45, 2.75) is 20.3 Å². The molecular weight excluding hydrogens is 333 g/mol. The number of carbonyl (C=O) groups excluding carboxylic acids is 1. The Balaban J connectivity index is 2.18. The second kappa shape index (κ2) is 6.66. The third-order valence-corrected chi connectivity index (χ3v) is 3.99. The van der Waals surface area contributed by atoms with Crippen LogP contribution in [0.1, 0.15) is 23.7 Å². The number of rotatable bonds is 3. The fourth-order valence-corrected chi connectivity index (χ4v) is 2.76. The maximum Gasteiger partial charge on any atom is 0.315 e. The number of hydrogen-bond donors (Lipinski definition) is 0. The number of hydrogen-bond acceptors (Lipinski definition) is 4. The molecule has 1 atom stereocenters. The number of ether oxygens (including phenoxy) is 1. The molecule has 130 valence electrons. The van der Waals surface area contributed by atoms with Gasteiger partial charge in [0.25, 0.3) is 0 Å². The number of aliphatic imine (C=N–C) groups is 1. The summed E-state index contributed by atoms with van der Waals surface area (Å²) in [4.78, 5) is 20.6. The van der Waals surface area contributed by atoms with E-state index < -0.39 is 29.3 Å². The lowest BCUT2D eigenvalue weighted by molar-refractivity contribution is -0.145. The first-order chi connectivity index (χ1) is 11.9. The van der Waals surface area contributed by atoms with Gasteiger partial charge in [-0.3, -0.25) is 9.78 Å². The summed E-state index contributed by atoms with van der Waals surface area (Å²) in [5.41, 5.74) is 0.920. The summed E-state index contributed by atoms with van der Waals surface area (Å²) in [5, 5.41) is 0. The minimum Gasteiger partial charge on any atom is -0.465 e. The largest absolute Gasteiger partial charge is 0.465 e. The van der Waals surface area contributed by atoms with Crippen molar-refractivity contribution in [1.82, 2.24) is 4.98 Å². The van der Waals surface area contributed by atoms with E-state index in [1.54, 1.807) is 26.0 Å². The lowest BCUT2D eigenvalue weighted by Crippen LogP contribution is -2.32. The van der Waals surface area contributed by atoms with Crippen LogP contribution < -0.4 is 0 Å². The number of aromatic nitrogens is 1. The van der Waals surface area contributed by atoms with Crippen LogP contribution in [0, 0.1) is 30.3 Å². The Morgan fingerprint density at radius 1 is 1.28 bits per heavy atom. The Hall–Kier alpha value is -2.70. The molecule has 0 saturated carbocycles. The predicted octanol–water partition coefficient (Wildman–Crippen LogP) is 3.66. The van der Waals surface area contributed by atoms with Gasteiger partial charge in [-0.25, -0.2) is 18.2 Å². The van der Waals surface area contributed by atoms with Crippen molar-refractivity contribution in [1.29, 1.82) is 0 Å². The molecule has 1 aromatic heterocycles.